The lowest BCUT2D eigenvalue weighted by atomic mass is 10.1. The Bertz CT molecular complexity index is 612. The highest BCUT2D eigenvalue weighted by Gasteiger charge is 2.30. The van der Waals surface area contributed by atoms with Gasteiger partial charge in [0.1, 0.15) is 0 Å². The normalized spacial score (nSPS) is 11.4. The summed E-state index contributed by atoms with van der Waals surface area (Å²) < 4.78 is 37.8. The van der Waals surface area contributed by atoms with Gasteiger partial charge in [-0.3, -0.25) is 0 Å². The molecule has 20 heavy (non-hydrogen) atoms. The van der Waals surface area contributed by atoms with E-state index in [1.807, 2.05) is 0 Å². The Morgan fingerprint density at radius 2 is 1.85 bits per heavy atom. The number of benzene rings is 2. The van der Waals surface area contributed by atoms with Crippen LogP contribution in [0.4, 0.5) is 24.5 Å². The quantitative estimate of drug-likeness (QED) is 0.816. The van der Waals surface area contributed by atoms with Crippen molar-refractivity contribution in [3.63, 3.8) is 0 Å². The summed E-state index contributed by atoms with van der Waals surface area (Å²) in [5.74, 6) is 0. The minimum Gasteiger partial charge on any atom is -0.399 e. The molecule has 2 aromatic carbocycles. The SMILES string of the molecule is Nc1ccc(NCc2cccc(C(F)(F)F)c2)c(Cl)c1. The van der Waals surface area contributed by atoms with E-state index in [9.17, 15) is 13.2 Å². The maximum atomic E-state index is 12.6. The molecule has 0 aliphatic rings. The molecule has 0 aliphatic carbocycles. The monoisotopic (exact) mass is 300 g/mol. The van der Waals surface area contributed by atoms with Crippen LogP contribution in [0.15, 0.2) is 42.5 Å². The Hall–Kier alpha value is -1.88. The second-order valence-corrected chi connectivity index (χ2v) is 4.70. The second kappa shape index (κ2) is 5.63. The summed E-state index contributed by atoms with van der Waals surface area (Å²) in [6.07, 6.45) is -4.34. The molecule has 0 saturated heterocycles. The third-order valence-corrected chi connectivity index (χ3v) is 3.04. The van der Waals surface area contributed by atoms with Gasteiger partial charge in [-0.2, -0.15) is 13.2 Å². The van der Waals surface area contributed by atoms with Crippen molar-refractivity contribution >= 4 is 23.0 Å². The van der Waals surface area contributed by atoms with Gasteiger partial charge in [0.05, 0.1) is 16.3 Å². The molecule has 2 rings (SSSR count). The van der Waals surface area contributed by atoms with Crippen molar-refractivity contribution in [3.8, 4) is 0 Å². The molecule has 0 saturated carbocycles. The van der Waals surface area contributed by atoms with Crippen molar-refractivity contribution in [3.05, 3.63) is 58.6 Å². The van der Waals surface area contributed by atoms with Crippen molar-refractivity contribution in [1.82, 2.24) is 0 Å². The van der Waals surface area contributed by atoms with E-state index in [2.05, 4.69) is 5.32 Å². The molecule has 106 valence electrons. The zero-order valence-electron chi connectivity index (χ0n) is 10.3. The number of halogens is 4. The summed E-state index contributed by atoms with van der Waals surface area (Å²) in [7, 11) is 0. The molecular formula is C14H12ClF3N2. The van der Waals surface area contributed by atoms with E-state index in [-0.39, 0.29) is 6.54 Å². The number of nitrogens with two attached hydrogens (primary N) is 1. The smallest absolute Gasteiger partial charge is 0.399 e. The molecule has 2 aromatic rings. The van der Waals surface area contributed by atoms with Gasteiger partial charge in [0.25, 0.3) is 0 Å². The van der Waals surface area contributed by atoms with Crippen LogP contribution < -0.4 is 11.1 Å². The van der Waals surface area contributed by atoms with E-state index in [1.165, 1.54) is 6.07 Å². The zero-order valence-corrected chi connectivity index (χ0v) is 11.1. The maximum absolute atomic E-state index is 12.6. The van der Waals surface area contributed by atoms with Crippen molar-refractivity contribution in [2.24, 2.45) is 0 Å². The number of nitrogens with one attached hydrogen (secondary N) is 1. The van der Waals surface area contributed by atoms with Crippen LogP contribution in [0.1, 0.15) is 11.1 Å². The van der Waals surface area contributed by atoms with E-state index in [0.29, 0.717) is 22.0 Å². The first-order valence-corrected chi connectivity index (χ1v) is 6.19. The van der Waals surface area contributed by atoms with Gasteiger partial charge in [0.2, 0.25) is 0 Å². The van der Waals surface area contributed by atoms with Crippen LogP contribution in [-0.4, -0.2) is 0 Å². The molecule has 0 spiro atoms. The first kappa shape index (κ1) is 14.5. The fourth-order valence-electron chi connectivity index (χ4n) is 1.73. The molecule has 0 atom stereocenters. The molecule has 0 amide bonds. The third-order valence-electron chi connectivity index (χ3n) is 2.73. The van der Waals surface area contributed by atoms with E-state index in [1.54, 1.807) is 24.3 Å². The van der Waals surface area contributed by atoms with Crippen LogP contribution in [-0.2, 0) is 12.7 Å². The highest BCUT2D eigenvalue weighted by Crippen LogP contribution is 2.30. The van der Waals surface area contributed by atoms with E-state index < -0.39 is 11.7 Å². The first-order valence-electron chi connectivity index (χ1n) is 5.81. The van der Waals surface area contributed by atoms with Crippen molar-refractivity contribution in [2.45, 2.75) is 12.7 Å². The summed E-state index contributed by atoms with van der Waals surface area (Å²) in [4.78, 5) is 0. The predicted molar refractivity (Wildman–Crippen MR) is 74.6 cm³/mol. The summed E-state index contributed by atoms with van der Waals surface area (Å²) in [5, 5.41) is 3.41. The summed E-state index contributed by atoms with van der Waals surface area (Å²) in [6, 6.07) is 10.1. The number of hydrogen-bond acceptors (Lipinski definition) is 2. The largest absolute Gasteiger partial charge is 0.416 e. The molecule has 0 radical (unpaired) electrons. The first-order chi connectivity index (χ1) is 9.36. The number of alkyl halides is 3. The molecule has 0 fully saturated rings. The van der Waals surface area contributed by atoms with Crippen LogP contribution in [0, 0.1) is 0 Å². The molecule has 0 heterocycles. The van der Waals surface area contributed by atoms with Crippen molar-refractivity contribution in [2.75, 3.05) is 11.1 Å². The van der Waals surface area contributed by atoms with Crippen LogP contribution >= 0.6 is 11.6 Å². The minimum absolute atomic E-state index is 0.244. The minimum atomic E-state index is -4.34. The second-order valence-electron chi connectivity index (χ2n) is 4.29. The molecule has 0 aromatic heterocycles. The van der Waals surface area contributed by atoms with Crippen LogP contribution in [0.5, 0.6) is 0 Å². The topological polar surface area (TPSA) is 38.0 Å². The molecule has 6 heteroatoms. The van der Waals surface area contributed by atoms with E-state index in [0.717, 1.165) is 12.1 Å². The molecular weight excluding hydrogens is 289 g/mol. The van der Waals surface area contributed by atoms with Crippen molar-refractivity contribution < 1.29 is 13.2 Å². The Kier molecular flexibility index (Phi) is 4.09. The lowest BCUT2D eigenvalue weighted by molar-refractivity contribution is -0.137. The van der Waals surface area contributed by atoms with Crippen LogP contribution in [0.25, 0.3) is 0 Å². The summed E-state index contributed by atoms with van der Waals surface area (Å²) in [5.41, 5.74) is 6.57. The van der Waals surface area contributed by atoms with E-state index >= 15 is 0 Å². The highest BCUT2D eigenvalue weighted by molar-refractivity contribution is 6.33. The zero-order chi connectivity index (χ0) is 14.8. The maximum Gasteiger partial charge on any atom is 0.416 e. The van der Waals surface area contributed by atoms with Gasteiger partial charge >= 0.3 is 6.18 Å². The van der Waals surface area contributed by atoms with Gasteiger partial charge in [-0.1, -0.05) is 23.7 Å². The van der Waals surface area contributed by atoms with E-state index in [4.69, 9.17) is 17.3 Å². The van der Waals surface area contributed by atoms with Gasteiger partial charge in [0, 0.05) is 12.2 Å². The van der Waals surface area contributed by atoms with Crippen molar-refractivity contribution in [1.29, 1.82) is 0 Å². The molecule has 0 aliphatic heterocycles. The number of rotatable bonds is 3. The average Bonchev–Trinajstić information content (AvgIpc) is 2.37. The molecule has 2 nitrogen and oxygen atoms in total. The predicted octanol–water partition coefficient (Wildman–Crippen LogP) is 4.55. The molecule has 3 N–H and O–H groups in total. The Morgan fingerprint density at radius 3 is 2.50 bits per heavy atom. The van der Waals surface area contributed by atoms with Crippen LogP contribution in [0.2, 0.25) is 5.02 Å². The fourth-order valence-corrected chi connectivity index (χ4v) is 1.99. The highest BCUT2D eigenvalue weighted by atomic mass is 35.5. The Morgan fingerprint density at radius 1 is 1.10 bits per heavy atom. The average molecular weight is 301 g/mol. The summed E-state index contributed by atoms with van der Waals surface area (Å²) >= 11 is 5.98. The van der Waals surface area contributed by atoms with Gasteiger partial charge in [0.15, 0.2) is 0 Å². The summed E-state index contributed by atoms with van der Waals surface area (Å²) in [6.45, 7) is 0.244. The van der Waals surface area contributed by atoms with Gasteiger partial charge < -0.3 is 11.1 Å². The molecule has 0 bridgehead atoms. The third kappa shape index (κ3) is 3.57. The Balaban J connectivity index is 2.11. The Labute approximate surface area is 119 Å². The number of hydrogen-bond donors (Lipinski definition) is 2. The fraction of sp³-hybridized carbons (Fsp3) is 0.143. The van der Waals surface area contributed by atoms with Gasteiger partial charge in [-0.05, 0) is 35.9 Å². The lowest BCUT2D eigenvalue weighted by Gasteiger charge is -2.11. The standard InChI is InChI=1S/C14H12ClF3N2/c15-12-7-11(19)4-5-13(12)20-8-9-2-1-3-10(6-9)14(16,17)18/h1-7,20H,8,19H2. The van der Waals surface area contributed by atoms with Gasteiger partial charge in [-0.25, -0.2) is 0 Å². The van der Waals surface area contributed by atoms with Crippen LogP contribution in [0.3, 0.4) is 0 Å². The number of nitrogen functional groups attached to an aromatic ring is 1. The lowest BCUT2D eigenvalue weighted by Crippen LogP contribution is -2.07. The molecule has 0 unspecified atom stereocenters. The number of anilines is 2. The van der Waals surface area contributed by atoms with Gasteiger partial charge in [-0.15, -0.1) is 0 Å².